The van der Waals surface area contributed by atoms with Gasteiger partial charge in [0.05, 0.1) is 19.3 Å². The van der Waals surface area contributed by atoms with E-state index >= 15 is 0 Å². The zero-order valence-electron chi connectivity index (χ0n) is 13.3. The van der Waals surface area contributed by atoms with Gasteiger partial charge in [0.2, 0.25) is 7.37 Å². The first-order valence-corrected chi connectivity index (χ1v) is 9.22. The highest BCUT2D eigenvalue weighted by molar-refractivity contribution is 7.67. The summed E-state index contributed by atoms with van der Waals surface area (Å²) in [6, 6.07) is 5.22. The maximum absolute atomic E-state index is 13.2. The molecule has 0 aliphatic carbocycles. The minimum atomic E-state index is -2.92. The third kappa shape index (κ3) is 4.98. The summed E-state index contributed by atoms with van der Waals surface area (Å²) < 4.78 is 23.6. The Morgan fingerprint density at radius 1 is 1.19 bits per heavy atom. The Labute approximate surface area is 127 Å². The molecule has 0 bridgehead atoms. The summed E-state index contributed by atoms with van der Waals surface area (Å²) in [4.78, 5) is 11.7. The second-order valence-corrected chi connectivity index (χ2v) is 7.70. The summed E-state index contributed by atoms with van der Waals surface area (Å²) in [5.74, 6) is -0.419. The van der Waals surface area contributed by atoms with E-state index in [1.165, 1.54) is 7.11 Å². The average molecular weight is 312 g/mol. The molecular formula is C16H25O4P. The van der Waals surface area contributed by atoms with Crippen LogP contribution in [0.3, 0.4) is 0 Å². The van der Waals surface area contributed by atoms with Crippen LogP contribution in [0.15, 0.2) is 18.2 Å². The molecule has 0 aliphatic rings. The number of benzene rings is 1. The van der Waals surface area contributed by atoms with Crippen molar-refractivity contribution in [2.24, 2.45) is 0 Å². The van der Waals surface area contributed by atoms with Gasteiger partial charge in [-0.3, -0.25) is 4.57 Å². The molecule has 0 heterocycles. The number of carbonyl (C=O) groups excluding carboxylic acids is 1. The standard InChI is InChI=1S/C16H25O4P/c1-5-7-9-21(18,20-8-6-2)15-11-13(3)10-14(12-15)16(17)19-4/h10-12H,5-9H2,1-4H3. The molecule has 0 N–H and O–H groups in total. The van der Waals surface area contributed by atoms with Crippen molar-refractivity contribution in [2.75, 3.05) is 19.9 Å². The van der Waals surface area contributed by atoms with Crippen molar-refractivity contribution in [3.05, 3.63) is 29.3 Å². The van der Waals surface area contributed by atoms with E-state index < -0.39 is 13.3 Å². The van der Waals surface area contributed by atoms with Crippen LogP contribution in [0.4, 0.5) is 0 Å². The van der Waals surface area contributed by atoms with Crippen molar-refractivity contribution in [3.63, 3.8) is 0 Å². The van der Waals surface area contributed by atoms with E-state index in [9.17, 15) is 9.36 Å². The van der Waals surface area contributed by atoms with Gasteiger partial charge in [0, 0.05) is 11.5 Å². The molecule has 0 fully saturated rings. The number of hydrogen-bond donors (Lipinski definition) is 0. The van der Waals surface area contributed by atoms with Crippen LogP contribution in [-0.2, 0) is 13.8 Å². The molecule has 1 unspecified atom stereocenters. The molecule has 0 spiro atoms. The maximum Gasteiger partial charge on any atom is 0.337 e. The van der Waals surface area contributed by atoms with Gasteiger partial charge in [-0.25, -0.2) is 4.79 Å². The second-order valence-electron chi connectivity index (χ2n) is 5.13. The molecule has 1 aromatic carbocycles. The van der Waals surface area contributed by atoms with Crippen LogP contribution < -0.4 is 5.30 Å². The van der Waals surface area contributed by atoms with Crippen LogP contribution in [0.1, 0.15) is 49.0 Å². The normalized spacial score (nSPS) is 13.7. The van der Waals surface area contributed by atoms with Crippen LogP contribution in [0.25, 0.3) is 0 Å². The lowest BCUT2D eigenvalue weighted by Gasteiger charge is -2.19. The highest BCUT2D eigenvalue weighted by atomic mass is 31.2. The van der Waals surface area contributed by atoms with E-state index in [2.05, 4.69) is 6.92 Å². The summed E-state index contributed by atoms with van der Waals surface area (Å²) in [5.41, 5.74) is 1.30. The lowest BCUT2D eigenvalue weighted by atomic mass is 10.1. The molecule has 0 radical (unpaired) electrons. The highest BCUT2D eigenvalue weighted by Crippen LogP contribution is 2.47. The Morgan fingerprint density at radius 3 is 2.48 bits per heavy atom. The molecule has 0 aliphatic heterocycles. The van der Waals surface area contributed by atoms with E-state index in [1.807, 2.05) is 19.9 Å². The zero-order valence-corrected chi connectivity index (χ0v) is 14.2. The fourth-order valence-electron chi connectivity index (χ4n) is 2.07. The van der Waals surface area contributed by atoms with Gasteiger partial charge in [-0.2, -0.15) is 0 Å². The van der Waals surface area contributed by atoms with Gasteiger partial charge < -0.3 is 9.26 Å². The van der Waals surface area contributed by atoms with E-state index in [1.54, 1.807) is 12.1 Å². The van der Waals surface area contributed by atoms with Crippen LogP contribution >= 0.6 is 7.37 Å². The first-order chi connectivity index (χ1) is 9.96. The molecule has 1 aromatic rings. The van der Waals surface area contributed by atoms with Gasteiger partial charge in [0.1, 0.15) is 0 Å². The lowest BCUT2D eigenvalue weighted by Crippen LogP contribution is -2.15. The predicted octanol–water partition coefficient (Wildman–Crippen LogP) is 3.91. The maximum atomic E-state index is 13.2. The number of ether oxygens (including phenoxy) is 1. The third-order valence-electron chi connectivity index (χ3n) is 3.19. The third-order valence-corrected chi connectivity index (χ3v) is 5.74. The van der Waals surface area contributed by atoms with Gasteiger partial charge in [0.15, 0.2) is 0 Å². The predicted molar refractivity (Wildman–Crippen MR) is 85.8 cm³/mol. The van der Waals surface area contributed by atoms with Gasteiger partial charge in [-0.1, -0.05) is 20.3 Å². The minimum Gasteiger partial charge on any atom is -0.465 e. The van der Waals surface area contributed by atoms with Crippen molar-refractivity contribution in [1.29, 1.82) is 0 Å². The van der Waals surface area contributed by atoms with Gasteiger partial charge >= 0.3 is 5.97 Å². The molecule has 21 heavy (non-hydrogen) atoms. The number of unbranched alkanes of at least 4 members (excludes halogenated alkanes) is 1. The molecule has 118 valence electrons. The summed E-state index contributed by atoms with van der Waals surface area (Å²) in [5, 5.41) is 0.616. The van der Waals surface area contributed by atoms with E-state index in [0.29, 0.717) is 23.6 Å². The van der Waals surface area contributed by atoms with E-state index in [-0.39, 0.29) is 0 Å². The van der Waals surface area contributed by atoms with Gasteiger partial charge in [-0.15, -0.1) is 0 Å². The number of aryl methyl sites for hydroxylation is 1. The SMILES string of the molecule is CCCCP(=O)(OCCC)c1cc(C)cc(C(=O)OC)c1. The van der Waals surface area contributed by atoms with Crippen molar-refractivity contribution in [1.82, 2.24) is 0 Å². The highest BCUT2D eigenvalue weighted by Gasteiger charge is 2.26. The molecule has 0 amide bonds. The van der Waals surface area contributed by atoms with Crippen LogP contribution in [0, 0.1) is 6.92 Å². The molecule has 1 rings (SSSR count). The Bertz CT molecular complexity index is 513. The number of rotatable bonds is 8. The first-order valence-electron chi connectivity index (χ1n) is 7.41. The largest absolute Gasteiger partial charge is 0.465 e. The van der Waals surface area contributed by atoms with Crippen molar-refractivity contribution in [2.45, 2.75) is 40.0 Å². The molecule has 4 nitrogen and oxygen atoms in total. The Kier molecular flexibility index (Phi) is 7.13. The van der Waals surface area contributed by atoms with Gasteiger partial charge in [-0.05, 0) is 43.5 Å². The monoisotopic (exact) mass is 312 g/mol. The topological polar surface area (TPSA) is 52.6 Å². The van der Waals surface area contributed by atoms with Crippen molar-refractivity contribution >= 4 is 18.6 Å². The van der Waals surface area contributed by atoms with Gasteiger partial charge in [0.25, 0.3) is 0 Å². The molecule has 0 aromatic heterocycles. The first kappa shape index (κ1) is 17.9. The molecule has 5 heteroatoms. The summed E-state index contributed by atoms with van der Waals surface area (Å²) >= 11 is 0. The number of carbonyl (C=O) groups is 1. The average Bonchev–Trinajstić information content (AvgIpc) is 2.49. The summed E-state index contributed by atoms with van der Waals surface area (Å²) in [6.45, 7) is 6.38. The number of methoxy groups -OCH3 is 1. The fraction of sp³-hybridized carbons (Fsp3) is 0.562. The minimum absolute atomic E-state index is 0.419. The van der Waals surface area contributed by atoms with Crippen LogP contribution in [0.2, 0.25) is 0 Å². The van der Waals surface area contributed by atoms with Crippen LogP contribution in [-0.4, -0.2) is 25.8 Å². The number of esters is 1. The fourth-order valence-corrected chi connectivity index (χ4v) is 4.55. The van der Waals surface area contributed by atoms with Crippen molar-refractivity contribution < 1.29 is 18.6 Å². The lowest BCUT2D eigenvalue weighted by molar-refractivity contribution is 0.0600. The smallest absolute Gasteiger partial charge is 0.337 e. The number of hydrogen-bond acceptors (Lipinski definition) is 4. The summed E-state index contributed by atoms with van der Waals surface area (Å²) in [7, 11) is -1.57. The van der Waals surface area contributed by atoms with Crippen LogP contribution in [0.5, 0.6) is 0 Å². The molecular weight excluding hydrogens is 287 g/mol. The molecule has 0 saturated heterocycles. The summed E-state index contributed by atoms with van der Waals surface area (Å²) in [6.07, 6.45) is 3.11. The second kappa shape index (κ2) is 8.35. The van der Waals surface area contributed by atoms with E-state index in [0.717, 1.165) is 24.8 Å². The Hall–Kier alpha value is -1.12. The Balaban J connectivity index is 3.20. The Morgan fingerprint density at radius 2 is 1.90 bits per heavy atom. The zero-order chi connectivity index (χ0) is 15.9. The molecule has 1 atom stereocenters. The quantitative estimate of drug-likeness (QED) is 0.539. The molecule has 0 saturated carbocycles. The van der Waals surface area contributed by atoms with Crippen molar-refractivity contribution in [3.8, 4) is 0 Å². The van der Waals surface area contributed by atoms with E-state index in [4.69, 9.17) is 9.26 Å².